The number of halogens is 1. The summed E-state index contributed by atoms with van der Waals surface area (Å²) in [6, 6.07) is 4.82. The molecule has 0 bridgehead atoms. The molecule has 25 heavy (non-hydrogen) atoms. The van der Waals surface area contributed by atoms with Crippen LogP contribution in [0.1, 0.15) is 6.92 Å². The van der Waals surface area contributed by atoms with E-state index >= 15 is 0 Å². The summed E-state index contributed by atoms with van der Waals surface area (Å²) in [4.78, 5) is 12.6. The molecule has 0 spiro atoms. The van der Waals surface area contributed by atoms with Gasteiger partial charge in [-0.15, -0.1) is 0 Å². The molecular weight excluding hydrogens is 364 g/mol. The van der Waals surface area contributed by atoms with Gasteiger partial charge < -0.3 is 4.74 Å². The molecule has 0 amide bonds. The van der Waals surface area contributed by atoms with Crippen molar-refractivity contribution in [3.05, 3.63) is 48.3 Å². The summed E-state index contributed by atoms with van der Waals surface area (Å²) < 4.78 is 30.5. The third-order valence-corrected chi connectivity index (χ3v) is 4.83. The molecule has 3 aromatic heterocycles. The van der Waals surface area contributed by atoms with E-state index in [1.807, 2.05) is 6.92 Å². The highest BCUT2D eigenvalue weighted by Crippen LogP contribution is 2.35. The molecule has 0 saturated heterocycles. The van der Waals surface area contributed by atoms with Crippen LogP contribution in [0.15, 0.2) is 48.0 Å². The lowest BCUT2D eigenvalue weighted by atomic mass is 10.2. The van der Waals surface area contributed by atoms with Gasteiger partial charge in [-0.05, 0) is 25.1 Å². The first-order chi connectivity index (χ1) is 11.9. The standard InChI is InChI=1S/C16H15ClN4O3S/c1-3-24-13-6-7-18-9-12(13)15-16(17)20-10-21(15)14-5-4-11(8-19-14)25(2,22)23/h4-10H,3H2,1-2H3. The normalized spacial score (nSPS) is 11.5. The molecule has 0 aliphatic heterocycles. The van der Waals surface area contributed by atoms with Crippen LogP contribution in [-0.2, 0) is 9.84 Å². The number of pyridine rings is 2. The van der Waals surface area contributed by atoms with Gasteiger partial charge >= 0.3 is 0 Å². The van der Waals surface area contributed by atoms with E-state index in [0.29, 0.717) is 29.4 Å². The maximum Gasteiger partial charge on any atom is 0.177 e. The van der Waals surface area contributed by atoms with E-state index in [-0.39, 0.29) is 10.0 Å². The Balaban J connectivity index is 2.12. The maximum atomic E-state index is 11.6. The van der Waals surface area contributed by atoms with E-state index in [1.54, 1.807) is 29.1 Å². The number of imidazole rings is 1. The Morgan fingerprint density at radius 3 is 2.64 bits per heavy atom. The van der Waals surface area contributed by atoms with Gasteiger partial charge in [-0.1, -0.05) is 11.6 Å². The van der Waals surface area contributed by atoms with Crippen LogP contribution in [0.2, 0.25) is 5.15 Å². The van der Waals surface area contributed by atoms with E-state index < -0.39 is 9.84 Å². The zero-order valence-electron chi connectivity index (χ0n) is 13.5. The van der Waals surface area contributed by atoms with Gasteiger partial charge in [-0.2, -0.15) is 0 Å². The van der Waals surface area contributed by atoms with Crippen LogP contribution >= 0.6 is 11.6 Å². The number of sulfone groups is 1. The Hall–Kier alpha value is -2.45. The predicted octanol–water partition coefficient (Wildman–Crippen LogP) is 2.78. The topological polar surface area (TPSA) is 87.0 Å². The lowest BCUT2D eigenvalue weighted by molar-refractivity contribution is 0.341. The second kappa shape index (κ2) is 6.81. The average molecular weight is 379 g/mol. The number of nitrogens with zero attached hydrogens (tertiary/aromatic N) is 4. The van der Waals surface area contributed by atoms with Gasteiger partial charge in [-0.25, -0.2) is 18.4 Å². The molecular formula is C16H15ClN4O3S. The molecule has 0 fully saturated rings. The molecule has 0 aliphatic carbocycles. The minimum Gasteiger partial charge on any atom is -0.493 e. The smallest absolute Gasteiger partial charge is 0.177 e. The van der Waals surface area contributed by atoms with E-state index in [9.17, 15) is 8.42 Å². The largest absolute Gasteiger partial charge is 0.493 e. The Morgan fingerprint density at radius 2 is 2.00 bits per heavy atom. The minimum absolute atomic E-state index is 0.139. The van der Waals surface area contributed by atoms with Crippen LogP contribution in [0, 0.1) is 0 Å². The minimum atomic E-state index is -3.32. The fourth-order valence-corrected chi connectivity index (χ4v) is 3.11. The third kappa shape index (κ3) is 3.49. The molecule has 0 N–H and O–H groups in total. The molecule has 130 valence electrons. The molecule has 3 rings (SSSR count). The van der Waals surface area contributed by atoms with Crippen LogP contribution in [-0.4, -0.2) is 40.8 Å². The van der Waals surface area contributed by atoms with Crippen molar-refractivity contribution in [1.82, 2.24) is 19.5 Å². The highest BCUT2D eigenvalue weighted by Gasteiger charge is 2.18. The molecule has 9 heteroatoms. The van der Waals surface area contributed by atoms with Crippen molar-refractivity contribution in [2.45, 2.75) is 11.8 Å². The van der Waals surface area contributed by atoms with Crippen LogP contribution in [0.3, 0.4) is 0 Å². The van der Waals surface area contributed by atoms with Crippen molar-refractivity contribution in [2.75, 3.05) is 12.9 Å². The van der Waals surface area contributed by atoms with Crippen LogP contribution < -0.4 is 4.74 Å². The first-order valence-electron chi connectivity index (χ1n) is 7.38. The highest BCUT2D eigenvalue weighted by molar-refractivity contribution is 7.90. The Labute approximate surface area is 150 Å². The quantitative estimate of drug-likeness (QED) is 0.678. The zero-order chi connectivity index (χ0) is 18.0. The average Bonchev–Trinajstić information content (AvgIpc) is 2.96. The van der Waals surface area contributed by atoms with Crippen LogP contribution in [0.5, 0.6) is 5.75 Å². The Kier molecular flexibility index (Phi) is 4.73. The highest BCUT2D eigenvalue weighted by atomic mass is 35.5. The number of rotatable bonds is 5. The predicted molar refractivity (Wildman–Crippen MR) is 93.9 cm³/mol. The van der Waals surface area contributed by atoms with Crippen molar-refractivity contribution in [3.63, 3.8) is 0 Å². The second-order valence-corrected chi connectivity index (χ2v) is 7.56. The van der Waals surface area contributed by atoms with Gasteiger partial charge in [-0.3, -0.25) is 9.55 Å². The van der Waals surface area contributed by atoms with Crippen molar-refractivity contribution >= 4 is 21.4 Å². The lowest BCUT2D eigenvalue weighted by Gasteiger charge is -2.12. The van der Waals surface area contributed by atoms with Crippen molar-refractivity contribution in [3.8, 4) is 22.8 Å². The number of hydrogen-bond acceptors (Lipinski definition) is 6. The number of hydrogen-bond donors (Lipinski definition) is 0. The van der Waals surface area contributed by atoms with E-state index in [0.717, 1.165) is 6.26 Å². The molecule has 0 saturated carbocycles. The molecule has 0 radical (unpaired) electrons. The summed E-state index contributed by atoms with van der Waals surface area (Å²) in [5, 5.41) is 0.267. The molecule has 0 unspecified atom stereocenters. The van der Waals surface area contributed by atoms with Crippen molar-refractivity contribution in [2.24, 2.45) is 0 Å². The molecule has 0 aromatic carbocycles. The van der Waals surface area contributed by atoms with Gasteiger partial charge in [0, 0.05) is 24.8 Å². The van der Waals surface area contributed by atoms with E-state index in [1.165, 1.54) is 18.6 Å². The van der Waals surface area contributed by atoms with E-state index in [4.69, 9.17) is 16.3 Å². The van der Waals surface area contributed by atoms with Gasteiger partial charge in [0.25, 0.3) is 0 Å². The van der Waals surface area contributed by atoms with Gasteiger partial charge in [0.15, 0.2) is 15.0 Å². The number of aromatic nitrogens is 4. The van der Waals surface area contributed by atoms with Gasteiger partial charge in [0.05, 0.1) is 22.8 Å². The lowest BCUT2D eigenvalue weighted by Crippen LogP contribution is -2.03. The molecule has 3 aromatic rings. The second-order valence-electron chi connectivity index (χ2n) is 5.18. The molecule has 3 heterocycles. The molecule has 0 atom stereocenters. The monoisotopic (exact) mass is 378 g/mol. The molecule has 0 aliphatic rings. The Bertz CT molecular complexity index is 1000. The first kappa shape index (κ1) is 17.4. The summed E-state index contributed by atoms with van der Waals surface area (Å²) in [5.41, 5.74) is 1.23. The third-order valence-electron chi connectivity index (χ3n) is 3.45. The van der Waals surface area contributed by atoms with Gasteiger partial charge in [0.2, 0.25) is 0 Å². The fourth-order valence-electron chi connectivity index (χ4n) is 2.32. The SMILES string of the molecule is CCOc1ccncc1-c1c(Cl)ncn1-c1ccc(S(C)(=O)=O)cn1. The number of ether oxygens (including phenoxy) is 1. The molecule has 7 nitrogen and oxygen atoms in total. The summed E-state index contributed by atoms with van der Waals surface area (Å²) >= 11 is 6.27. The summed E-state index contributed by atoms with van der Waals surface area (Å²) in [6.07, 6.45) is 7.21. The van der Waals surface area contributed by atoms with E-state index in [2.05, 4.69) is 15.0 Å². The van der Waals surface area contributed by atoms with Crippen molar-refractivity contribution in [1.29, 1.82) is 0 Å². The zero-order valence-corrected chi connectivity index (χ0v) is 15.1. The van der Waals surface area contributed by atoms with Crippen molar-refractivity contribution < 1.29 is 13.2 Å². The van der Waals surface area contributed by atoms with Gasteiger partial charge in [0.1, 0.15) is 17.9 Å². The van der Waals surface area contributed by atoms with Crippen LogP contribution in [0.25, 0.3) is 17.1 Å². The fraction of sp³-hybridized carbons (Fsp3) is 0.188. The summed E-state index contributed by atoms with van der Waals surface area (Å²) in [5.74, 6) is 1.10. The summed E-state index contributed by atoms with van der Waals surface area (Å²) in [7, 11) is -3.32. The Morgan fingerprint density at radius 1 is 1.20 bits per heavy atom. The maximum absolute atomic E-state index is 11.6. The summed E-state index contributed by atoms with van der Waals surface area (Å²) in [6.45, 7) is 2.37. The van der Waals surface area contributed by atoms with Crippen LogP contribution in [0.4, 0.5) is 0 Å². The first-order valence-corrected chi connectivity index (χ1v) is 9.65.